The largest absolute Gasteiger partial charge is 0.366 e. The summed E-state index contributed by atoms with van der Waals surface area (Å²) in [5.41, 5.74) is 0.178. The Hall–Kier alpha value is -0.650. The maximum Gasteiger partial charge on any atom is 0.250 e. The normalized spacial score (nSPS) is 27.6. The van der Waals surface area contributed by atoms with E-state index >= 15 is 0 Å². The van der Waals surface area contributed by atoms with Crippen molar-refractivity contribution in [3.8, 4) is 0 Å². The van der Waals surface area contributed by atoms with Gasteiger partial charge in [0, 0.05) is 25.2 Å². The smallest absolute Gasteiger partial charge is 0.250 e. The number of amides is 1. The standard InChI is InChI=1S/C12H23N3O2/c1-15(2)12(4-3-5-12)9-14-11(16)10-8-13-6-7-17-10/h10,13H,3-9H2,1-2H3,(H,14,16). The van der Waals surface area contributed by atoms with E-state index in [1.54, 1.807) is 0 Å². The Morgan fingerprint density at radius 2 is 2.29 bits per heavy atom. The first kappa shape index (κ1) is 12.8. The lowest BCUT2D eigenvalue weighted by molar-refractivity contribution is -0.135. The van der Waals surface area contributed by atoms with Crippen LogP contribution in [-0.2, 0) is 9.53 Å². The summed E-state index contributed by atoms with van der Waals surface area (Å²) in [5, 5.41) is 6.20. The molecule has 0 aromatic rings. The number of nitrogens with zero attached hydrogens (tertiary/aromatic N) is 1. The molecule has 1 atom stereocenters. The Morgan fingerprint density at radius 3 is 2.76 bits per heavy atom. The molecular weight excluding hydrogens is 218 g/mol. The Bertz CT molecular complexity index is 271. The maximum atomic E-state index is 11.9. The first-order valence-electron chi connectivity index (χ1n) is 6.41. The summed E-state index contributed by atoms with van der Waals surface area (Å²) in [4.78, 5) is 14.1. The number of likely N-dealkylation sites (N-methyl/N-ethyl adjacent to an activating group) is 1. The minimum atomic E-state index is -0.317. The number of carbonyl (C=O) groups excluding carboxylic acids is 1. The molecule has 0 aromatic heterocycles. The van der Waals surface area contributed by atoms with E-state index in [0.717, 1.165) is 13.1 Å². The van der Waals surface area contributed by atoms with Crippen LogP contribution in [0.2, 0.25) is 0 Å². The molecule has 1 heterocycles. The maximum absolute atomic E-state index is 11.9. The number of hydrogen-bond acceptors (Lipinski definition) is 4. The summed E-state index contributed by atoms with van der Waals surface area (Å²) in [5.74, 6) is 0.0188. The van der Waals surface area contributed by atoms with Crippen LogP contribution in [0.1, 0.15) is 19.3 Å². The molecule has 2 N–H and O–H groups in total. The van der Waals surface area contributed by atoms with Gasteiger partial charge in [-0.15, -0.1) is 0 Å². The van der Waals surface area contributed by atoms with Crippen molar-refractivity contribution in [2.45, 2.75) is 30.9 Å². The van der Waals surface area contributed by atoms with E-state index in [9.17, 15) is 4.79 Å². The molecule has 0 aromatic carbocycles. The van der Waals surface area contributed by atoms with E-state index < -0.39 is 0 Å². The van der Waals surface area contributed by atoms with Crippen molar-refractivity contribution in [2.24, 2.45) is 0 Å². The lowest BCUT2D eigenvalue weighted by Gasteiger charge is -2.47. The van der Waals surface area contributed by atoms with Crippen LogP contribution < -0.4 is 10.6 Å². The van der Waals surface area contributed by atoms with Crippen LogP contribution in [0, 0.1) is 0 Å². The first-order chi connectivity index (χ1) is 8.14. The molecule has 0 bridgehead atoms. The zero-order valence-corrected chi connectivity index (χ0v) is 10.8. The summed E-state index contributed by atoms with van der Waals surface area (Å²) in [6, 6.07) is 0. The van der Waals surface area contributed by atoms with Gasteiger partial charge in [-0.2, -0.15) is 0 Å². The molecule has 1 saturated carbocycles. The summed E-state index contributed by atoms with van der Waals surface area (Å²) in [6.45, 7) is 2.82. The van der Waals surface area contributed by atoms with Gasteiger partial charge in [0.2, 0.25) is 0 Å². The zero-order valence-electron chi connectivity index (χ0n) is 10.8. The minimum Gasteiger partial charge on any atom is -0.366 e. The summed E-state index contributed by atoms with van der Waals surface area (Å²) in [7, 11) is 4.17. The van der Waals surface area contributed by atoms with Crippen LogP contribution in [0.3, 0.4) is 0 Å². The fourth-order valence-corrected chi connectivity index (χ4v) is 2.47. The third-order valence-corrected chi connectivity index (χ3v) is 4.04. The molecule has 1 aliphatic carbocycles. The van der Waals surface area contributed by atoms with E-state index in [1.807, 2.05) is 0 Å². The Kier molecular flexibility index (Phi) is 4.01. The predicted molar refractivity (Wildman–Crippen MR) is 65.9 cm³/mol. The van der Waals surface area contributed by atoms with Crippen LogP contribution >= 0.6 is 0 Å². The second-order valence-electron chi connectivity index (χ2n) is 5.25. The van der Waals surface area contributed by atoms with Crippen molar-refractivity contribution in [1.82, 2.24) is 15.5 Å². The molecule has 17 heavy (non-hydrogen) atoms. The molecule has 2 rings (SSSR count). The third kappa shape index (κ3) is 2.78. The predicted octanol–water partition coefficient (Wildman–Crippen LogP) is -0.425. The Labute approximate surface area is 103 Å². The molecule has 5 nitrogen and oxygen atoms in total. The van der Waals surface area contributed by atoms with Gasteiger partial charge in [0.1, 0.15) is 6.10 Å². The Balaban J connectivity index is 1.78. The van der Waals surface area contributed by atoms with Gasteiger partial charge in [-0.1, -0.05) is 0 Å². The fraction of sp³-hybridized carbons (Fsp3) is 0.917. The van der Waals surface area contributed by atoms with Gasteiger partial charge in [0.05, 0.1) is 6.61 Å². The lowest BCUT2D eigenvalue weighted by Crippen LogP contribution is -2.59. The molecule has 1 unspecified atom stereocenters. The van der Waals surface area contributed by atoms with E-state index in [4.69, 9.17) is 4.74 Å². The molecule has 0 spiro atoms. The van der Waals surface area contributed by atoms with E-state index in [-0.39, 0.29) is 17.6 Å². The molecule has 98 valence electrons. The van der Waals surface area contributed by atoms with E-state index in [1.165, 1.54) is 19.3 Å². The van der Waals surface area contributed by atoms with Crippen molar-refractivity contribution >= 4 is 5.91 Å². The molecule has 2 fully saturated rings. The van der Waals surface area contributed by atoms with Crippen LogP contribution in [0.25, 0.3) is 0 Å². The second kappa shape index (κ2) is 5.33. The number of hydrogen-bond donors (Lipinski definition) is 2. The average Bonchev–Trinajstić information content (AvgIpc) is 2.28. The molecule has 1 aliphatic heterocycles. The quantitative estimate of drug-likeness (QED) is 0.701. The van der Waals surface area contributed by atoms with Crippen molar-refractivity contribution in [2.75, 3.05) is 40.3 Å². The van der Waals surface area contributed by atoms with Crippen molar-refractivity contribution in [3.05, 3.63) is 0 Å². The first-order valence-corrected chi connectivity index (χ1v) is 6.41. The minimum absolute atomic E-state index is 0.0188. The third-order valence-electron chi connectivity index (χ3n) is 4.04. The van der Waals surface area contributed by atoms with Crippen LogP contribution in [0.15, 0.2) is 0 Å². The molecule has 1 saturated heterocycles. The van der Waals surface area contributed by atoms with Crippen molar-refractivity contribution < 1.29 is 9.53 Å². The van der Waals surface area contributed by atoms with Gasteiger partial charge in [0.15, 0.2) is 0 Å². The SMILES string of the molecule is CN(C)C1(CNC(=O)C2CNCCO2)CCC1. The number of carbonyl (C=O) groups is 1. The summed E-state index contributed by atoms with van der Waals surface area (Å²) >= 11 is 0. The highest BCUT2D eigenvalue weighted by molar-refractivity contribution is 5.81. The van der Waals surface area contributed by atoms with Crippen LogP contribution in [0.4, 0.5) is 0 Å². The highest BCUT2D eigenvalue weighted by Gasteiger charge is 2.39. The molecular formula is C12H23N3O2. The van der Waals surface area contributed by atoms with Gasteiger partial charge in [-0.3, -0.25) is 4.79 Å². The number of rotatable bonds is 4. The number of morpholine rings is 1. The van der Waals surface area contributed by atoms with Crippen LogP contribution in [0.5, 0.6) is 0 Å². The van der Waals surface area contributed by atoms with Crippen molar-refractivity contribution in [3.63, 3.8) is 0 Å². The van der Waals surface area contributed by atoms with Gasteiger partial charge in [-0.05, 0) is 33.4 Å². The van der Waals surface area contributed by atoms with Gasteiger partial charge >= 0.3 is 0 Å². The van der Waals surface area contributed by atoms with Gasteiger partial charge < -0.3 is 20.3 Å². The van der Waals surface area contributed by atoms with E-state index in [0.29, 0.717) is 13.2 Å². The number of ether oxygens (including phenoxy) is 1. The van der Waals surface area contributed by atoms with E-state index in [2.05, 4.69) is 29.6 Å². The zero-order chi connectivity index (χ0) is 12.3. The Morgan fingerprint density at radius 1 is 1.53 bits per heavy atom. The van der Waals surface area contributed by atoms with Gasteiger partial charge in [0.25, 0.3) is 5.91 Å². The van der Waals surface area contributed by atoms with Gasteiger partial charge in [-0.25, -0.2) is 0 Å². The lowest BCUT2D eigenvalue weighted by atomic mass is 9.75. The average molecular weight is 241 g/mol. The van der Waals surface area contributed by atoms with Crippen LogP contribution in [-0.4, -0.2) is 62.8 Å². The second-order valence-corrected chi connectivity index (χ2v) is 5.25. The molecule has 2 aliphatic rings. The monoisotopic (exact) mass is 241 g/mol. The summed E-state index contributed by atoms with van der Waals surface area (Å²) in [6.07, 6.45) is 3.28. The highest BCUT2D eigenvalue weighted by atomic mass is 16.5. The van der Waals surface area contributed by atoms with Crippen molar-refractivity contribution in [1.29, 1.82) is 0 Å². The molecule has 0 radical (unpaired) electrons. The molecule has 1 amide bonds. The highest BCUT2D eigenvalue weighted by Crippen LogP contribution is 2.35. The molecule has 5 heteroatoms. The topological polar surface area (TPSA) is 53.6 Å². The summed E-state index contributed by atoms with van der Waals surface area (Å²) < 4.78 is 5.43. The fourth-order valence-electron chi connectivity index (χ4n) is 2.47. The number of nitrogens with one attached hydrogen (secondary N) is 2.